The van der Waals surface area contributed by atoms with Gasteiger partial charge in [-0.2, -0.15) is 0 Å². The van der Waals surface area contributed by atoms with Crippen molar-refractivity contribution in [3.63, 3.8) is 0 Å². The van der Waals surface area contributed by atoms with E-state index in [2.05, 4.69) is 5.32 Å². The number of hydrogen-bond donors (Lipinski definition) is 1. The Morgan fingerprint density at radius 3 is 2.60 bits per heavy atom. The summed E-state index contributed by atoms with van der Waals surface area (Å²) in [6.45, 7) is 3.37. The molecule has 0 radical (unpaired) electrons. The van der Waals surface area contributed by atoms with Crippen LogP contribution in [-0.2, 0) is 0 Å². The number of benzene rings is 1. The maximum absolute atomic E-state index is 14.7. The largest absolute Gasteiger partial charge is 0.339 e. The van der Waals surface area contributed by atoms with Gasteiger partial charge in [0.25, 0.3) is 5.91 Å². The molecule has 1 aromatic rings. The van der Waals surface area contributed by atoms with Crippen LogP contribution in [0, 0.1) is 5.82 Å². The molecule has 2 aliphatic heterocycles. The third kappa shape index (κ3) is 2.57. The SMILES string of the molecule is O=C(c1cccc(C2CCNCC2)c1F)N1CCCC1. The molecule has 2 fully saturated rings. The molecule has 0 bridgehead atoms. The fraction of sp³-hybridized carbons (Fsp3) is 0.562. The van der Waals surface area contributed by atoms with Crippen LogP contribution in [0.4, 0.5) is 4.39 Å². The topological polar surface area (TPSA) is 32.3 Å². The van der Waals surface area contributed by atoms with Gasteiger partial charge in [-0.05, 0) is 56.3 Å². The van der Waals surface area contributed by atoms with E-state index in [0.29, 0.717) is 0 Å². The third-order valence-electron chi connectivity index (χ3n) is 4.43. The number of hydrogen-bond acceptors (Lipinski definition) is 2. The minimum Gasteiger partial charge on any atom is -0.339 e. The van der Waals surface area contributed by atoms with E-state index in [1.165, 1.54) is 0 Å². The summed E-state index contributed by atoms with van der Waals surface area (Å²) in [5.41, 5.74) is 0.972. The fourth-order valence-electron chi connectivity index (χ4n) is 3.25. The Morgan fingerprint density at radius 1 is 1.20 bits per heavy atom. The van der Waals surface area contributed by atoms with Crippen LogP contribution >= 0.6 is 0 Å². The molecule has 3 rings (SSSR count). The number of amides is 1. The summed E-state index contributed by atoms with van der Waals surface area (Å²) < 4.78 is 14.7. The van der Waals surface area contributed by atoms with Crippen molar-refractivity contribution in [1.82, 2.24) is 10.2 Å². The van der Waals surface area contributed by atoms with Crippen LogP contribution in [0.1, 0.15) is 47.5 Å². The summed E-state index contributed by atoms with van der Waals surface area (Å²) >= 11 is 0. The number of carbonyl (C=O) groups is 1. The number of nitrogens with zero attached hydrogens (tertiary/aromatic N) is 1. The molecule has 2 aliphatic rings. The quantitative estimate of drug-likeness (QED) is 0.900. The Kier molecular flexibility index (Phi) is 4.01. The fourth-order valence-corrected chi connectivity index (χ4v) is 3.25. The van der Waals surface area contributed by atoms with Crippen LogP contribution in [0.3, 0.4) is 0 Å². The molecule has 0 aromatic heterocycles. The Balaban J connectivity index is 1.86. The maximum atomic E-state index is 14.7. The van der Waals surface area contributed by atoms with Gasteiger partial charge in [-0.25, -0.2) is 4.39 Å². The average Bonchev–Trinajstić information content (AvgIpc) is 3.02. The zero-order chi connectivity index (χ0) is 13.9. The van der Waals surface area contributed by atoms with Crippen LogP contribution < -0.4 is 5.32 Å². The van der Waals surface area contributed by atoms with Crippen molar-refractivity contribution < 1.29 is 9.18 Å². The molecule has 0 atom stereocenters. The van der Waals surface area contributed by atoms with Crippen molar-refractivity contribution in [3.05, 3.63) is 35.1 Å². The van der Waals surface area contributed by atoms with Crippen LogP contribution in [0.5, 0.6) is 0 Å². The summed E-state index contributed by atoms with van der Waals surface area (Å²) in [5, 5.41) is 3.29. The van der Waals surface area contributed by atoms with Crippen molar-refractivity contribution in [2.24, 2.45) is 0 Å². The molecule has 0 aliphatic carbocycles. The lowest BCUT2D eigenvalue weighted by molar-refractivity contribution is 0.0788. The first-order valence-electron chi connectivity index (χ1n) is 7.56. The summed E-state index contributed by atoms with van der Waals surface area (Å²) in [5.74, 6) is -0.199. The Bertz CT molecular complexity index is 491. The Hall–Kier alpha value is -1.42. The van der Waals surface area contributed by atoms with E-state index in [1.807, 2.05) is 12.1 Å². The number of carbonyl (C=O) groups excluding carboxylic acids is 1. The molecular formula is C16H21FN2O. The number of halogens is 1. The van der Waals surface area contributed by atoms with Gasteiger partial charge in [0, 0.05) is 13.1 Å². The second kappa shape index (κ2) is 5.92. The van der Waals surface area contributed by atoms with Crippen molar-refractivity contribution >= 4 is 5.91 Å². The van der Waals surface area contributed by atoms with E-state index in [1.54, 1.807) is 11.0 Å². The smallest absolute Gasteiger partial charge is 0.256 e. The lowest BCUT2D eigenvalue weighted by Crippen LogP contribution is -2.30. The summed E-state index contributed by atoms with van der Waals surface area (Å²) in [7, 11) is 0. The molecule has 0 unspecified atom stereocenters. The average molecular weight is 276 g/mol. The third-order valence-corrected chi connectivity index (χ3v) is 4.43. The first-order chi connectivity index (χ1) is 9.77. The van der Waals surface area contributed by atoms with Gasteiger partial charge < -0.3 is 10.2 Å². The second-order valence-electron chi connectivity index (χ2n) is 5.73. The van der Waals surface area contributed by atoms with E-state index < -0.39 is 0 Å². The van der Waals surface area contributed by atoms with Gasteiger partial charge in [-0.3, -0.25) is 4.79 Å². The van der Waals surface area contributed by atoms with E-state index in [9.17, 15) is 9.18 Å². The van der Waals surface area contributed by atoms with Gasteiger partial charge >= 0.3 is 0 Å². The number of piperidine rings is 1. The molecule has 1 aromatic carbocycles. The molecule has 1 amide bonds. The highest BCUT2D eigenvalue weighted by molar-refractivity contribution is 5.94. The normalized spacial score (nSPS) is 20.4. The van der Waals surface area contributed by atoms with E-state index in [4.69, 9.17) is 0 Å². The lowest BCUT2D eigenvalue weighted by Gasteiger charge is -2.24. The van der Waals surface area contributed by atoms with E-state index >= 15 is 0 Å². The summed E-state index contributed by atoms with van der Waals surface area (Å²) in [6.07, 6.45) is 3.94. The summed E-state index contributed by atoms with van der Waals surface area (Å²) in [6, 6.07) is 5.29. The standard InChI is InChI=1S/C16H21FN2O/c17-15-13(12-6-8-18-9-7-12)4-3-5-14(15)16(20)19-10-1-2-11-19/h3-5,12,18H,1-2,6-11H2. The monoisotopic (exact) mass is 276 g/mol. The van der Waals surface area contributed by atoms with Gasteiger partial charge in [-0.15, -0.1) is 0 Å². The molecule has 2 heterocycles. The van der Waals surface area contributed by atoms with Gasteiger partial charge in [0.05, 0.1) is 5.56 Å². The minimum atomic E-state index is -0.295. The highest BCUT2D eigenvalue weighted by atomic mass is 19.1. The number of rotatable bonds is 2. The maximum Gasteiger partial charge on any atom is 0.256 e. The molecule has 20 heavy (non-hydrogen) atoms. The van der Waals surface area contributed by atoms with Gasteiger partial charge in [0.15, 0.2) is 0 Å². The van der Waals surface area contributed by atoms with Crippen LogP contribution in [-0.4, -0.2) is 37.0 Å². The molecule has 0 saturated carbocycles. The minimum absolute atomic E-state index is 0.143. The van der Waals surface area contributed by atoms with Crippen molar-refractivity contribution in [1.29, 1.82) is 0 Å². The molecular weight excluding hydrogens is 255 g/mol. The van der Waals surface area contributed by atoms with Crippen LogP contribution in [0.2, 0.25) is 0 Å². The first-order valence-corrected chi connectivity index (χ1v) is 7.56. The van der Waals surface area contributed by atoms with Crippen LogP contribution in [0.25, 0.3) is 0 Å². The molecule has 0 spiro atoms. The molecule has 3 nitrogen and oxygen atoms in total. The van der Waals surface area contributed by atoms with Gasteiger partial charge in [-0.1, -0.05) is 12.1 Å². The molecule has 2 saturated heterocycles. The van der Waals surface area contributed by atoms with E-state index in [0.717, 1.165) is 57.4 Å². The van der Waals surface area contributed by atoms with Crippen molar-refractivity contribution in [3.8, 4) is 0 Å². The summed E-state index contributed by atoms with van der Waals surface area (Å²) in [4.78, 5) is 14.1. The number of likely N-dealkylation sites (tertiary alicyclic amines) is 1. The second-order valence-corrected chi connectivity index (χ2v) is 5.73. The highest BCUT2D eigenvalue weighted by Gasteiger charge is 2.26. The zero-order valence-corrected chi connectivity index (χ0v) is 11.7. The van der Waals surface area contributed by atoms with Gasteiger partial charge in [0.1, 0.15) is 5.82 Å². The van der Waals surface area contributed by atoms with Gasteiger partial charge in [0.2, 0.25) is 0 Å². The van der Waals surface area contributed by atoms with Crippen molar-refractivity contribution in [2.45, 2.75) is 31.6 Å². The van der Waals surface area contributed by atoms with Crippen molar-refractivity contribution in [2.75, 3.05) is 26.2 Å². The molecule has 108 valence electrons. The molecule has 4 heteroatoms. The lowest BCUT2D eigenvalue weighted by atomic mass is 9.88. The Labute approximate surface area is 119 Å². The first kappa shape index (κ1) is 13.6. The predicted octanol–water partition coefficient (Wildman–Crippen LogP) is 2.53. The number of nitrogens with one attached hydrogen (secondary N) is 1. The van der Waals surface area contributed by atoms with E-state index in [-0.39, 0.29) is 23.2 Å². The van der Waals surface area contributed by atoms with Crippen LogP contribution in [0.15, 0.2) is 18.2 Å². The molecule has 1 N–H and O–H groups in total. The highest BCUT2D eigenvalue weighted by Crippen LogP contribution is 2.29. The predicted molar refractivity (Wildman–Crippen MR) is 76.4 cm³/mol. The zero-order valence-electron chi connectivity index (χ0n) is 11.7. The Morgan fingerprint density at radius 2 is 1.90 bits per heavy atom.